The molecule has 0 spiro atoms. The molecule has 9 heteroatoms. The van der Waals surface area contributed by atoms with Crippen molar-refractivity contribution in [2.75, 3.05) is 33.4 Å². The van der Waals surface area contributed by atoms with Crippen LogP contribution in [0.25, 0.3) is 0 Å². The summed E-state index contributed by atoms with van der Waals surface area (Å²) in [6.07, 6.45) is 2.07. The standard InChI is InChI=1S/C15H25N3O5S/c1-11-14(12(2)23-17-11)24(20,21)18-8-4-6-13(10-18)15(19)16-7-5-9-22-3/h13H,4-10H2,1-3H3,(H,16,19). The number of aromatic nitrogens is 1. The highest BCUT2D eigenvalue weighted by Crippen LogP contribution is 2.27. The molecule has 1 amide bonds. The molecule has 24 heavy (non-hydrogen) atoms. The Kier molecular flexibility index (Phi) is 6.36. The largest absolute Gasteiger partial charge is 0.385 e. The SMILES string of the molecule is COCCCNC(=O)C1CCCN(S(=O)(=O)c2c(C)noc2C)C1. The van der Waals surface area contributed by atoms with Gasteiger partial charge in [-0.3, -0.25) is 4.79 Å². The van der Waals surface area contributed by atoms with Gasteiger partial charge < -0.3 is 14.6 Å². The number of aryl methyl sites for hydroxylation is 2. The Morgan fingerprint density at radius 1 is 1.46 bits per heavy atom. The molecule has 0 aromatic carbocycles. The van der Waals surface area contributed by atoms with Gasteiger partial charge in [-0.25, -0.2) is 8.42 Å². The van der Waals surface area contributed by atoms with Crippen molar-refractivity contribution < 1.29 is 22.5 Å². The Bertz CT molecular complexity index is 651. The number of ether oxygens (including phenoxy) is 1. The third-order valence-corrected chi connectivity index (χ3v) is 6.26. The molecule has 2 heterocycles. The number of nitrogens with zero attached hydrogens (tertiary/aromatic N) is 2. The Morgan fingerprint density at radius 2 is 2.21 bits per heavy atom. The van der Waals surface area contributed by atoms with Crippen molar-refractivity contribution in [2.24, 2.45) is 5.92 Å². The van der Waals surface area contributed by atoms with Gasteiger partial charge in [-0.15, -0.1) is 0 Å². The van der Waals surface area contributed by atoms with Crippen molar-refractivity contribution >= 4 is 15.9 Å². The first kappa shape index (κ1) is 18.9. The van der Waals surface area contributed by atoms with E-state index in [1.807, 2.05) is 0 Å². The molecule has 2 rings (SSSR count). The van der Waals surface area contributed by atoms with Gasteiger partial charge in [0.1, 0.15) is 10.6 Å². The lowest BCUT2D eigenvalue weighted by Crippen LogP contribution is -2.45. The van der Waals surface area contributed by atoms with Crippen LogP contribution in [0.1, 0.15) is 30.7 Å². The van der Waals surface area contributed by atoms with Gasteiger partial charge in [-0.05, 0) is 33.1 Å². The quantitative estimate of drug-likeness (QED) is 0.724. The van der Waals surface area contributed by atoms with E-state index < -0.39 is 10.0 Å². The van der Waals surface area contributed by atoms with Crippen molar-refractivity contribution in [3.63, 3.8) is 0 Å². The molecule has 1 aliphatic heterocycles. The van der Waals surface area contributed by atoms with E-state index in [2.05, 4.69) is 10.5 Å². The van der Waals surface area contributed by atoms with E-state index in [0.29, 0.717) is 38.2 Å². The van der Waals surface area contributed by atoms with E-state index in [1.165, 1.54) is 4.31 Å². The summed E-state index contributed by atoms with van der Waals surface area (Å²) in [7, 11) is -2.09. The minimum absolute atomic E-state index is 0.107. The zero-order valence-corrected chi connectivity index (χ0v) is 15.2. The summed E-state index contributed by atoms with van der Waals surface area (Å²) in [6, 6.07) is 0. The number of methoxy groups -OCH3 is 1. The summed E-state index contributed by atoms with van der Waals surface area (Å²) in [4.78, 5) is 12.4. The third-order valence-electron chi connectivity index (χ3n) is 4.15. The number of amides is 1. The highest BCUT2D eigenvalue weighted by atomic mass is 32.2. The van der Waals surface area contributed by atoms with Gasteiger partial charge in [-0.1, -0.05) is 5.16 Å². The summed E-state index contributed by atoms with van der Waals surface area (Å²) in [5.74, 6) is -0.167. The van der Waals surface area contributed by atoms with Gasteiger partial charge in [0.2, 0.25) is 15.9 Å². The fourth-order valence-corrected chi connectivity index (χ4v) is 4.73. The molecule has 0 aliphatic carbocycles. The number of hydrogen-bond donors (Lipinski definition) is 1. The van der Waals surface area contributed by atoms with Crippen LogP contribution in [0.3, 0.4) is 0 Å². The Hall–Kier alpha value is -1.45. The molecule has 1 atom stereocenters. The second-order valence-electron chi connectivity index (χ2n) is 5.99. The van der Waals surface area contributed by atoms with Gasteiger partial charge in [-0.2, -0.15) is 4.31 Å². The summed E-state index contributed by atoms with van der Waals surface area (Å²) >= 11 is 0. The maximum Gasteiger partial charge on any atom is 0.248 e. The second-order valence-corrected chi connectivity index (χ2v) is 7.87. The minimum Gasteiger partial charge on any atom is -0.385 e. The zero-order valence-electron chi connectivity index (χ0n) is 14.4. The number of carbonyl (C=O) groups is 1. The molecule has 1 fully saturated rings. The third kappa shape index (κ3) is 4.14. The Labute approximate surface area is 142 Å². The number of hydrogen-bond acceptors (Lipinski definition) is 6. The van der Waals surface area contributed by atoms with Gasteiger partial charge in [0.15, 0.2) is 5.76 Å². The molecule has 0 radical (unpaired) electrons. The van der Waals surface area contributed by atoms with Gasteiger partial charge in [0, 0.05) is 33.4 Å². The predicted molar refractivity (Wildman–Crippen MR) is 87.0 cm³/mol. The van der Waals surface area contributed by atoms with Crippen LogP contribution in [0.4, 0.5) is 0 Å². The molecule has 1 unspecified atom stereocenters. The van der Waals surface area contributed by atoms with Crippen LogP contribution in [-0.2, 0) is 19.6 Å². The van der Waals surface area contributed by atoms with Crippen molar-refractivity contribution in [1.82, 2.24) is 14.8 Å². The van der Waals surface area contributed by atoms with E-state index >= 15 is 0 Å². The van der Waals surface area contributed by atoms with Crippen LogP contribution >= 0.6 is 0 Å². The van der Waals surface area contributed by atoms with E-state index in [0.717, 1.165) is 6.42 Å². The highest BCUT2D eigenvalue weighted by Gasteiger charge is 2.36. The number of sulfonamides is 1. The van der Waals surface area contributed by atoms with Crippen LogP contribution in [0.15, 0.2) is 9.42 Å². The topological polar surface area (TPSA) is 102 Å². The average molecular weight is 359 g/mol. The lowest BCUT2D eigenvalue weighted by Gasteiger charge is -2.31. The average Bonchev–Trinajstić information content (AvgIpc) is 2.91. The first-order chi connectivity index (χ1) is 11.4. The normalized spacial score (nSPS) is 19.4. The van der Waals surface area contributed by atoms with Crippen LogP contribution in [0.2, 0.25) is 0 Å². The molecular formula is C15H25N3O5S. The smallest absolute Gasteiger partial charge is 0.248 e. The predicted octanol–water partition coefficient (Wildman–Crippen LogP) is 0.845. The van der Waals surface area contributed by atoms with Gasteiger partial charge in [0.25, 0.3) is 0 Å². The summed E-state index contributed by atoms with van der Waals surface area (Å²) in [5.41, 5.74) is 0.346. The van der Waals surface area contributed by atoms with Crippen molar-refractivity contribution in [2.45, 2.75) is 38.0 Å². The monoisotopic (exact) mass is 359 g/mol. The molecule has 1 N–H and O–H groups in total. The number of piperidine rings is 1. The number of rotatable bonds is 7. The highest BCUT2D eigenvalue weighted by molar-refractivity contribution is 7.89. The maximum absolute atomic E-state index is 12.8. The first-order valence-corrected chi connectivity index (χ1v) is 9.51. The minimum atomic E-state index is -3.70. The lowest BCUT2D eigenvalue weighted by atomic mass is 9.99. The number of nitrogens with one attached hydrogen (secondary N) is 1. The molecule has 8 nitrogen and oxygen atoms in total. The molecule has 0 bridgehead atoms. The number of carbonyl (C=O) groups excluding carboxylic acids is 1. The fraction of sp³-hybridized carbons (Fsp3) is 0.733. The summed E-state index contributed by atoms with van der Waals surface area (Å²) in [5, 5.41) is 6.56. The van der Waals surface area contributed by atoms with E-state index in [9.17, 15) is 13.2 Å². The van der Waals surface area contributed by atoms with E-state index in [1.54, 1.807) is 21.0 Å². The lowest BCUT2D eigenvalue weighted by molar-refractivity contribution is -0.126. The molecule has 1 aromatic heterocycles. The first-order valence-electron chi connectivity index (χ1n) is 8.07. The molecule has 1 aromatic rings. The van der Waals surface area contributed by atoms with Crippen molar-refractivity contribution in [3.8, 4) is 0 Å². The van der Waals surface area contributed by atoms with Crippen LogP contribution in [-0.4, -0.2) is 57.1 Å². The molecule has 136 valence electrons. The molecular weight excluding hydrogens is 334 g/mol. The van der Waals surface area contributed by atoms with E-state index in [-0.39, 0.29) is 29.0 Å². The van der Waals surface area contributed by atoms with Crippen LogP contribution in [0, 0.1) is 19.8 Å². The maximum atomic E-state index is 12.8. The molecule has 1 aliphatic rings. The Morgan fingerprint density at radius 3 is 2.83 bits per heavy atom. The van der Waals surface area contributed by atoms with E-state index in [4.69, 9.17) is 9.26 Å². The fourth-order valence-electron chi connectivity index (χ4n) is 2.92. The van der Waals surface area contributed by atoms with Crippen LogP contribution < -0.4 is 5.32 Å². The van der Waals surface area contributed by atoms with Crippen LogP contribution in [0.5, 0.6) is 0 Å². The molecule has 0 saturated carbocycles. The summed E-state index contributed by atoms with van der Waals surface area (Å²) < 4.78 is 37.0. The molecule has 1 saturated heterocycles. The van der Waals surface area contributed by atoms with Gasteiger partial charge in [0.05, 0.1) is 5.92 Å². The summed E-state index contributed by atoms with van der Waals surface area (Å²) in [6.45, 7) is 4.88. The Balaban J connectivity index is 2.03. The van der Waals surface area contributed by atoms with Crippen molar-refractivity contribution in [1.29, 1.82) is 0 Å². The van der Waals surface area contributed by atoms with Gasteiger partial charge >= 0.3 is 0 Å². The second kappa shape index (κ2) is 8.09. The zero-order chi connectivity index (χ0) is 17.7. The van der Waals surface area contributed by atoms with Crippen molar-refractivity contribution in [3.05, 3.63) is 11.5 Å².